The molecule has 0 radical (unpaired) electrons. The Morgan fingerprint density at radius 3 is 2.48 bits per heavy atom. The van der Waals surface area contributed by atoms with Gasteiger partial charge in [0.15, 0.2) is 5.43 Å². The quantitative estimate of drug-likeness (QED) is 0.685. The molecule has 0 aliphatic heterocycles. The lowest BCUT2D eigenvalue weighted by Gasteiger charge is -2.08. The van der Waals surface area contributed by atoms with Crippen molar-refractivity contribution in [1.82, 2.24) is 0 Å². The van der Waals surface area contributed by atoms with Gasteiger partial charge in [0.2, 0.25) is 0 Å². The number of hydrogen-bond donors (Lipinski definition) is 0. The number of hydrogen-bond acceptors (Lipinski definition) is 3. The largest absolute Gasteiger partial charge is 0.496 e. The van der Waals surface area contributed by atoms with Crippen LogP contribution in [0.1, 0.15) is 5.56 Å². The zero-order chi connectivity index (χ0) is 15.0. The van der Waals surface area contributed by atoms with Gasteiger partial charge in [0, 0.05) is 16.1 Å². The van der Waals surface area contributed by atoms with E-state index in [4.69, 9.17) is 9.15 Å². The molecular weight excluding hydrogens is 332 g/mol. The maximum Gasteiger partial charge on any atom is 0.197 e. The maximum absolute atomic E-state index is 12.4. The summed E-state index contributed by atoms with van der Waals surface area (Å²) in [7, 11) is 1.55. The summed E-state index contributed by atoms with van der Waals surface area (Å²) < 4.78 is 12.2. The third-order valence-corrected chi connectivity index (χ3v) is 3.82. The average Bonchev–Trinajstić information content (AvgIpc) is 2.46. The van der Waals surface area contributed by atoms with E-state index >= 15 is 0 Å². The van der Waals surface area contributed by atoms with E-state index < -0.39 is 0 Å². The van der Waals surface area contributed by atoms with Crippen molar-refractivity contribution in [3.05, 3.63) is 62.7 Å². The first-order valence-corrected chi connectivity index (χ1v) is 7.26. The molecule has 0 aliphatic carbocycles. The summed E-state index contributed by atoms with van der Waals surface area (Å²) in [6.07, 6.45) is 0. The molecule has 1 heterocycles. The fraction of sp³-hybridized carbons (Fsp3) is 0.118. The summed E-state index contributed by atoms with van der Waals surface area (Å²) in [5.41, 5.74) is 2.27. The van der Waals surface area contributed by atoms with Crippen LogP contribution in [0.3, 0.4) is 0 Å². The smallest absolute Gasteiger partial charge is 0.197 e. The molecule has 0 bridgehead atoms. The Hall–Kier alpha value is -2.07. The Kier molecular flexibility index (Phi) is 3.55. The molecule has 0 spiro atoms. The first-order chi connectivity index (χ1) is 10.1. The minimum absolute atomic E-state index is 0.106. The summed E-state index contributed by atoms with van der Waals surface area (Å²) in [4.78, 5) is 12.4. The molecular formula is C17H13BrO3. The van der Waals surface area contributed by atoms with E-state index in [2.05, 4.69) is 15.9 Å². The van der Waals surface area contributed by atoms with Crippen LogP contribution in [0.4, 0.5) is 0 Å². The van der Waals surface area contributed by atoms with Crippen LogP contribution in [-0.4, -0.2) is 7.11 Å². The summed E-state index contributed by atoms with van der Waals surface area (Å²) in [6.45, 7) is 1.94. The van der Waals surface area contributed by atoms with Gasteiger partial charge in [0.25, 0.3) is 0 Å². The van der Waals surface area contributed by atoms with Crippen molar-refractivity contribution in [3.8, 4) is 17.1 Å². The van der Waals surface area contributed by atoms with Crippen LogP contribution < -0.4 is 10.2 Å². The minimum Gasteiger partial charge on any atom is -0.496 e. The third kappa shape index (κ3) is 2.59. The van der Waals surface area contributed by atoms with Crippen LogP contribution in [0.2, 0.25) is 0 Å². The second-order valence-corrected chi connectivity index (χ2v) is 5.74. The molecule has 0 amide bonds. The molecule has 0 N–H and O–H groups in total. The molecule has 0 saturated heterocycles. The van der Waals surface area contributed by atoms with Gasteiger partial charge in [-0.05, 0) is 36.8 Å². The molecule has 1 aromatic heterocycles. The Balaban J connectivity index is 2.28. The second kappa shape index (κ2) is 5.37. The van der Waals surface area contributed by atoms with E-state index in [1.165, 1.54) is 6.07 Å². The monoisotopic (exact) mass is 344 g/mol. The van der Waals surface area contributed by atoms with Gasteiger partial charge in [-0.25, -0.2) is 0 Å². The van der Waals surface area contributed by atoms with Crippen molar-refractivity contribution in [1.29, 1.82) is 0 Å². The van der Waals surface area contributed by atoms with Gasteiger partial charge in [-0.15, -0.1) is 0 Å². The van der Waals surface area contributed by atoms with Gasteiger partial charge in [0.05, 0.1) is 7.11 Å². The summed E-state index contributed by atoms with van der Waals surface area (Å²) in [5, 5.41) is 0.476. The molecule has 21 heavy (non-hydrogen) atoms. The Bertz CT molecular complexity index is 864. The van der Waals surface area contributed by atoms with E-state index in [1.807, 2.05) is 43.3 Å². The molecule has 0 aliphatic rings. The van der Waals surface area contributed by atoms with Crippen molar-refractivity contribution in [3.63, 3.8) is 0 Å². The molecule has 2 aromatic carbocycles. The standard InChI is InChI=1S/C17H13BrO3/c1-10-7-15(20-2)17-13(19)9-14(21-16(17)8-10)11-3-5-12(18)6-4-11/h3-9H,1-2H3. The molecule has 0 unspecified atom stereocenters. The first-order valence-electron chi connectivity index (χ1n) is 6.47. The van der Waals surface area contributed by atoms with Crippen molar-refractivity contribution in [2.75, 3.05) is 7.11 Å². The molecule has 0 saturated carbocycles. The summed E-state index contributed by atoms with van der Waals surface area (Å²) in [5.74, 6) is 1.09. The number of benzene rings is 2. The zero-order valence-electron chi connectivity index (χ0n) is 11.6. The fourth-order valence-corrected chi connectivity index (χ4v) is 2.57. The SMILES string of the molecule is COc1cc(C)cc2oc(-c3ccc(Br)cc3)cc(=O)c12. The van der Waals surface area contributed by atoms with Crippen LogP contribution in [0.5, 0.6) is 5.75 Å². The Morgan fingerprint density at radius 2 is 1.81 bits per heavy atom. The van der Waals surface area contributed by atoms with Gasteiger partial charge in [-0.1, -0.05) is 28.1 Å². The number of fused-ring (bicyclic) bond motifs is 1. The van der Waals surface area contributed by atoms with Gasteiger partial charge >= 0.3 is 0 Å². The van der Waals surface area contributed by atoms with E-state index in [0.29, 0.717) is 22.5 Å². The van der Waals surface area contributed by atoms with Gasteiger partial charge < -0.3 is 9.15 Å². The first kappa shape index (κ1) is 13.9. The number of halogens is 1. The fourth-order valence-electron chi connectivity index (χ4n) is 2.30. The number of aryl methyl sites for hydroxylation is 1. The molecule has 3 aromatic rings. The summed E-state index contributed by atoms with van der Waals surface area (Å²) in [6, 6.07) is 12.8. The molecule has 3 nitrogen and oxygen atoms in total. The van der Waals surface area contributed by atoms with Crippen LogP contribution in [0, 0.1) is 6.92 Å². The van der Waals surface area contributed by atoms with Crippen LogP contribution >= 0.6 is 15.9 Å². The van der Waals surface area contributed by atoms with Crippen LogP contribution in [-0.2, 0) is 0 Å². The van der Waals surface area contributed by atoms with E-state index in [0.717, 1.165) is 15.6 Å². The van der Waals surface area contributed by atoms with Crippen LogP contribution in [0.25, 0.3) is 22.3 Å². The Labute approximate surface area is 130 Å². The predicted octanol–water partition coefficient (Wildman–Crippen LogP) is 4.54. The molecule has 4 heteroatoms. The molecule has 0 atom stereocenters. The second-order valence-electron chi connectivity index (χ2n) is 4.82. The van der Waals surface area contributed by atoms with E-state index in [9.17, 15) is 4.79 Å². The van der Waals surface area contributed by atoms with Gasteiger partial charge in [-0.2, -0.15) is 0 Å². The lowest BCUT2D eigenvalue weighted by Crippen LogP contribution is -2.03. The van der Waals surface area contributed by atoms with Crippen molar-refractivity contribution in [2.24, 2.45) is 0 Å². The van der Waals surface area contributed by atoms with E-state index in [-0.39, 0.29) is 5.43 Å². The van der Waals surface area contributed by atoms with Gasteiger partial charge in [-0.3, -0.25) is 4.79 Å². The molecule has 3 rings (SSSR count). The predicted molar refractivity (Wildman–Crippen MR) is 86.9 cm³/mol. The maximum atomic E-state index is 12.4. The topological polar surface area (TPSA) is 39.4 Å². The normalized spacial score (nSPS) is 10.8. The van der Waals surface area contributed by atoms with Gasteiger partial charge in [0.1, 0.15) is 22.5 Å². The van der Waals surface area contributed by atoms with E-state index in [1.54, 1.807) is 7.11 Å². The zero-order valence-corrected chi connectivity index (χ0v) is 13.2. The number of rotatable bonds is 2. The number of methoxy groups -OCH3 is 1. The third-order valence-electron chi connectivity index (χ3n) is 3.29. The number of ether oxygens (including phenoxy) is 1. The highest BCUT2D eigenvalue weighted by atomic mass is 79.9. The van der Waals surface area contributed by atoms with Crippen LogP contribution in [0.15, 0.2) is 56.1 Å². The molecule has 106 valence electrons. The lowest BCUT2D eigenvalue weighted by atomic mass is 10.1. The van der Waals surface area contributed by atoms with Crippen molar-refractivity contribution < 1.29 is 9.15 Å². The lowest BCUT2D eigenvalue weighted by molar-refractivity contribution is 0.418. The highest BCUT2D eigenvalue weighted by Crippen LogP contribution is 2.29. The van der Waals surface area contributed by atoms with Crippen molar-refractivity contribution >= 4 is 26.9 Å². The molecule has 0 fully saturated rings. The Morgan fingerprint density at radius 1 is 1.10 bits per heavy atom. The average molecular weight is 345 g/mol. The summed E-state index contributed by atoms with van der Waals surface area (Å²) >= 11 is 3.39. The highest BCUT2D eigenvalue weighted by Gasteiger charge is 2.12. The minimum atomic E-state index is -0.106. The highest BCUT2D eigenvalue weighted by molar-refractivity contribution is 9.10. The van der Waals surface area contributed by atoms with Crippen molar-refractivity contribution in [2.45, 2.75) is 6.92 Å².